The highest BCUT2D eigenvalue weighted by atomic mass is 16.6. The molecule has 0 radical (unpaired) electrons. The normalized spacial score (nSPS) is 12.7. The fraction of sp³-hybridized carbons (Fsp3) is 0.636. The molecule has 0 saturated heterocycles. The van der Waals surface area contributed by atoms with Crippen molar-refractivity contribution in [2.24, 2.45) is 5.92 Å². The third kappa shape index (κ3) is 4.02. The lowest BCUT2D eigenvalue weighted by Crippen LogP contribution is -2.37. The first kappa shape index (κ1) is 15.1. The molecule has 8 nitrogen and oxygen atoms in total. The van der Waals surface area contributed by atoms with Crippen molar-refractivity contribution in [1.29, 1.82) is 0 Å². The van der Waals surface area contributed by atoms with Crippen LogP contribution in [0, 0.1) is 16.0 Å². The van der Waals surface area contributed by atoms with Crippen LogP contribution < -0.4 is 11.1 Å². The minimum atomic E-state index is -0.565. The quantitative estimate of drug-likeness (QED) is 0.584. The molecule has 0 aromatic carbocycles. The van der Waals surface area contributed by atoms with Gasteiger partial charge in [-0.2, -0.15) is 0 Å². The fourth-order valence-electron chi connectivity index (χ4n) is 1.67. The lowest BCUT2D eigenvalue weighted by molar-refractivity contribution is -0.383. The number of nitrogens with one attached hydrogen (secondary N) is 1. The Morgan fingerprint density at radius 3 is 2.58 bits per heavy atom. The molecule has 1 atom stereocenters. The van der Waals surface area contributed by atoms with Crippen LogP contribution in [0.25, 0.3) is 0 Å². The Balaban J connectivity index is 3.02. The van der Waals surface area contributed by atoms with Crippen LogP contribution in [-0.2, 0) is 0 Å². The summed E-state index contributed by atoms with van der Waals surface area (Å²) in [6, 6.07) is 0.0306. The minimum absolute atomic E-state index is 0.0306. The van der Waals surface area contributed by atoms with Gasteiger partial charge < -0.3 is 16.0 Å². The van der Waals surface area contributed by atoms with E-state index in [-0.39, 0.29) is 29.3 Å². The Morgan fingerprint density at radius 2 is 2.11 bits per heavy atom. The zero-order valence-electron chi connectivity index (χ0n) is 11.6. The number of nitrogens with two attached hydrogens (primary N) is 1. The number of nitrogen functional groups attached to an aromatic ring is 1. The van der Waals surface area contributed by atoms with Gasteiger partial charge in [0.05, 0.1) is 4.92 Å². The summed E-state index contributed by atoms with van der Waals surface area (Å²) in [5.41, 5.74) is 5.26. The van der Waals surface area contributed by atoms with E-state index in [1.807, 2.05) is 32.8 Å². The lowest BCUT2D eigenvalue weighted by Gasteiger charge is -2.25. The van der Waals surface area contributed by atoms with Gasteiger partial charge in [0.15, 0.2) is 0 Å². The number of hydrogen-bond donors (Lipinski definition) is 2. The Kier molecular flexibility index (Phi) is 4.99. The van der Waals surface area contributed by atoms with Crippen LogP contribution in [0.2, 0.25) is 0 Å². The van der Waals surface area contributed by atoms with Gasteiger partial charge in [-0.25, -0.2) is 9.97 Å². The third-order valence-electron chi connectivity index (χ3n) is 2.72. The Hall–Kier alpha value is -1.96. The summed E-state index contributed by atoms with van der Waals surface area (Å²) in [4.78, 5) is 20.0. The van der Waals surface area contributed by atoms with Crippen molar-refractivity contribution in [3.63, 3.8) is 0 Å². The van der Waals surface area contributed by atoms with E-state index in [2.05, 4.69) is 15.3 Å². The van der Waals surface area contributed by atoms with Crippen LogP contribution in [-0.4, -0.2) is 46.5 Å². The molecule has 1 aromatic heterocycles. The second-order valence-corrected chi connectivity index (χ2v) is 4.97. The van der Waals surface area contributed by atoms with E-state index in [1.165, 1.54) is 6.33 Å². The van der Waals surface area contributed by atoms with E-state index >= 15 is 0 Å². The summed E-state index contributed by atoms with van der Waals surface area (Å²) in [6.45, 7) is 4.81. The van der Waals surface area contributed by atoms with Crippen LogP contribution in [0.4, 0.5) is 17.3 Å². The van der Waals surface area contributed by atoms with Crippen molar-refractivity contribution >= 4 is 17.3 Å². The van der Waals surface area contributed by atoms with Gasteiger partial charge in [0.1, 0.15) is 6.33 Å². The van der Waals surface area contributed by atoms with Crippen LogP contribution in [0.5, 0.6) is 0 Å². The smallest absolute Gasteiger partial charge is 0.352 e. The van der Waals surface area contributed by atoms with Crippen LogP contribution in [0.1, 0.15) is 13.8 Å². The predicted octanol–water partition coefficient (Wildman–Crippen LogP) is 0.965. The maximum atomic E-state index is 11.0. The van der Waals surface area contributed by atoms with Gasteiger partial charge in [-0.05, 0) is 20.0 Å². The van der Waals surface area contributed by atoms with E-state index in [1.54, 1.807) is 0 Å². The van der Waals surface area contributed by atoms with E-state index < -0.39 is 4.92 Å². The molecule has 1 rings (SSSR count). The molecule has 0 bridgehead atoms. The molecular formula is C11H20N6O2. The Bertz CT molecular complexity index is 449. The highest BCUT2D eigenvalue weighted by Gasteiger charge is 2.24. The van der Waals surface area contributed by atoms with E-state index in [0.29, 0.717) is 0 Å². The third-order valence-corrected chi connectivity index (χ3v) is 2.72. The van der Waals surface area contributed by atoms with Crippen molar-refractivity contribution in [2.75, 3.05) is 31.7 Å². The first-order valence-electron chi connectivity index (χ1n) is 5.99. The number of aromatic nitrogens is 2. The Morgan fingerprint density at radius 1 is 1.47 bits per heavy atom. The van der Waals surface area contributed by atoms with Crippen molar-refractivity contribution in [3.05, 3.63) is 16.4 Å². The number of anilines is 2. The molecular weight excluding hydrogens is 248 g/mol. The molecule has 0 amide bonds. The van der Waals surface area contributed by atoms with Gasteiger partial charge in [-0.3, -0.25) is 10.1 Å². The summed E-state index contributed by atoms with van der Waals surface area (Å²) in [5, 5.41) is 14.1. The number of likely N-dealkylation sites (N-methyl/N-ethyl adjacent to an activating group) is 1. The van der Waals surface area contributed by atoms with Crippen molar-refractivity contribution in [3.8, 4) is 0 Å². The molecule has 0 aliphatic rings. The molecule has 8 heteroatoms. The summed E-state index contributed by atoms with van der Waals surface area (Å²) in [6.07, 6.45) is 1.22. The molecule has 3 N–H and O–H groups in total. The highest BCUT2D eigenvalue weighted by Crippen LogP contribution is 2.27. The topological polar surface area (TPSA) is 110 Å². The summed E-state index contributed by atoms with van der Waals surface area (Å²) in [7, 11) is 3.89. The highest BCUT2D eigenvalue weighted by molar-refractivity contribution is 5.67. The molecule has 19 heavy (non-hydrogen) atoms. The van der Waals surface area contributed by atoms with Gasteiger partial charge in [0.2, 0.25) is 11.6 Å². The first-order chi connectivity index (χ1) is 8.82. The maximum Gasteiger partial charge on any atom is 0.352 e. The minimum Gasteiger partial charge on any atom is -0.378 e. The molecule has 0 aliphatic heterocycles. The van der Waals surface area contributed by atoms with Gasteiger partial charge in [0.25, 0.3) is 0 Å². The average molecular weight is 268 g/mol. The largest absolute Gasteiger partial charge is 0.378 e. The first-order valence-corrected chi connectivity index (χ1v) is 5.99. The standard InChI is InChI=1S/C11H20N6O2/c1-7(2)8(5-16(3)4)15-11-9(17(18)19)10(12)13-6-14-11/h6-8H,5H2,1-4H3,(H3,12,13,14,15). The summed E-state index contributed by atoms with van der Waals surface area (Å²) < 4.78 is 0. The fourth-order valence-corrected chi connectivity index (χ4v) is 1.67. The molecule has 0 saturated carbocycles. The maximum absolute atomic E-state index is 11.0. The van der Waals surface area contributed by atoms with Crippen molar-refractivity contribution in [2.45, 2.75) is 19.9 Å². The monoisotopic (exact) mass is 268 g/mol. The summed E-state index contributed by atoms with van der Waals surface area (Å²) in [5.74, 6) is 0.325. The van der Waals surface area contributed by atoms with Gasteiger partial charge >= 0.3 is 5.69 Å². The second-order valence-electron chi connectivity index (χ2n) is 4.97. The molecule has 1 unspecified atom stereocenters. The zero-order chi connectivity index (χ0) is 14.6. The number of nitrogens with zero attached hydrogens (tertiary/aromatic N) is 4. The van der Waals surface area contributed by atoms with Gasteiger partial charge in [-0.15, -0.1) is 0 Å². The van der Waals surface area contributed by atoms with E-state index in [0.717, 1.165) is 6.54 Å². The SMILES string of the molecule is CC(C)C(CN(C)C)Nc1ncnc(N)c1[N+](=O)[O-]. The molecule has 1 aromatic rings. The van der Waals surface area contributed by atoms with Crippen LogP contribution in [0.3, 0.4) is 0 Å². The molecule has 106 valence electrons. The molecule has 1 heterocycles. The van der Waals surface area contributed by atoms with Crippen LogP contribution in [0.15, 0.2) is 6.33 Å². The van der Waals surface area contributed by atoms with E-state index in [4.69, 9.17) is 5.73 Å². The molecule has 0 spiro atoms. The average Bonchev–Trinajstić information content (AvgIpc) is 2.26. The van der Waals surface area contributed by atoms with Gasteiger partial charge in [-0.1, -0.05) is 13.8 Å². The lowest BCUT2D eigenvalue weighted by atomic mass is 10.0. The summed E-state index contributed by atoms with van der Waals surface area (Å²) >= 11 is 0. The van der Waals surface area contributed by atoms with Gasteiger partial charge in [0, 0.05) is 12.6 Å². The van der Waals surface area contributed by atoms with Crippen molar-refractivity contribution in [1.82, 2.24) is 14.9 Å². The number of rotatable bonds is 6. The number of hydrogen-bond acceptors (Lipinski definition) is 7. The number of nitro groups is 1. The van der Waals surface area contributed by atoms with Crippen molar-refractivity contribution < 1.29 is 4.92 Å². The molecule has 0 aliphatic carbocycles. The molecule has 0 fully saturated rings. The van der Waals surface area contributed by atoms with Crippen LogP contribution >= 0.6 is 0 Å². The Labute approximate surface area is 112 Å². The van der Waals surface area contributed by atoms with E-state index in [9.17, 15) is 10.1 Å². The second kappa shape index (κ2) is 6.28. The predicted molar refractivity (Wildman–Crippen MR) is 73.9 cm³/mol. The zero-order valence-corrected chi connectivity index (χ0v) is 11.6.